The molecule has 11 heteroatoms. The van der Waals surface area contributed by atoms with E-state index in [9.17, 15) is 27.1 Å². The largest absolute Gasteiger partial charge is 0.493 e. The Bertz CT molecular complexity index is 628. The summed E-state index contributed by atoms with van der Waals surface area (Å²) in [7, 11) is 1.35. The summed E-state index contributed by atoms with van der Waals surface area (Å²) >= 11 is 6.12. The van der Waals surface area contributed by atoms with Crippen LogP contribution in [0.4, 0.5) is 22.0 Å². The zero-order valence-electron chi connectivity index (χ0n) is 15.4. The molecule has 0 fully saturated rings. The Morgan fingerprint density at radius 1 is 1.14 bits per heavy atom. The number of nitrogens with two attached hydrogens (primary N) is 1. The zero-order chi connectivity index (χ0) is 20.9. The molecule has 0 aliphatic rings. The fourth-order valence-electron chi connectivity index (χ4n) is 2.18. The van der Waals surface area contributed by atoms with Crippen LogP contribution in [-0.2, 0) is 6.42 Å². The molecule has 0 aliphatic carbocycles. The molecule has 0 heterocycles. The van der Waals surface area contributed by atoms with Crippen molar-refractivity contribution in [3.8, 4) is 11.5 Å². The maximum absolute atomic E-state index is 12.9. The SMILES string of the molecule is COc1cc(CC[C@@](C)(N)CO)cc(Cl)c1OCCCC(F)(F)C(F)(F)F.Cl. The lowest BCUT2D eigenvalue weighted by Gasteiger charge is -2.22. The van der Waals surface area contributed by atoms with Crippen molar-refractivity contribution in [2.24, 2.45) is 5.73 Å². The molecule has 0 saturated heterocycles. The van der Waals surface area contributed by atoms with Crippen molar-refractivity contribution in [2.75, 3.05) is 20.3 Å². The van der Waals surface area contributed by atoms with Gasteiger partial charge in [0.05, 0.1) is 25.3 Å². The summed E-state index contributed by atoms with van der Waals surface area (Å²) in [6, 6.07) is 3.18. The lowest BCUT2D eigenvalue weighted by molar-refractivity contribution is -0.284. The van der Waals surface area contributed by atoms with E-state index in [1.807, 2.05) is 0 Å². The summed E-state index contributed by atoms with van der Waals surface area (Å²) in [5, 5.41) is 9.31. The van der Waals surface area contributed by atoms with Crippen LogP contribution in [0.5, 0.6) is 11.5 Å². The molecule has 0 aliphatic heterocycles. The smallest absolute Gasteiger partial charge is 0.453 e. The Balaban J connectivity index is 0.00000729. The Hall–Kier alpha value is -1.03. The second-order valence-electron chi connectivity index (χ2n) is 6.58. The third-order valence-corrected chi connectivity index (χ3v) is 4.21. The van der Waals surface area contributed by atoms with E-state index in [1.165, 1.54) is 7.11 Å². The molecule has 1 aromatic rings. The van der Waals surface area contributed by atoms with Gasteiger partial charge in [-0.3, -0.25) is 0 Å². The number of alkyl halides is 5. The molecule has 164 valence electrons. The molecule has 3 N–H and O–H groups in total. The summed E-state index contributed by atoms with van der Waals surface area (Å²) in [5.41, 5.74) is 5.85. The first-order valence-electron chi connectivity index (χ1n) is 8.16. The first-order chi connectivity index (χ1) is 12.3. The van der Waals surface area contributed by atoms with Crippen molar-refractivity contribution in [1.82, 2.24) is 0 Å². The molecule has 0 radical (unpaired) electrons. The quantitative estimate of drug-likeness (QED) is 0.394. The number of aryl methyl sites for hydroxylation is 1. The van der Waals surface area contributed by atoms with Gasteiger partial charge in [-0.05, 0) is 43.9 Å². The standard InChI is InChI=1S/C17H23ClF5NO3.ClH/c1-15(24,10-25)6-4-11-8-12(18)14(13(9-11)26-2)27-7-3-5-16(19,20)17(21,22)23;/h8-9,25H,3-7,10,24H2,1-2H3;1H/t15-;/m1./s1. The normalized spacial score (nSPS) is 14.2. The van der Waals surface area contributed by atoms with Crippen LogP contribution in [0, 0.1) is 0 Å². The van der Waals surface area contributed by atoms with E-state index in [4.69, 9.17) is 26.8 Å². The Kier molecular flexibility index (Phi) is 10.3. The summed E-state index contributed by atoms with van der Waals surface area (Å²) in [6.45, 7) is 1.12. The van der Waals surface area contributed by atoms with Gasteiger partial charge >= 0.3 is 12.1 Å². The van der Waals surface area contributed by atoms with Gasteiger partial charge in [-0.25, -0.2) is 0 Å². The second-order valence-corrected chi connectivity index (χ2v) is 6.98. The van der Waals surface area contributed by atoms with Gasteiger partial charge in [0, 0.05) is 12.0 Å². The fourth-order valence-corrected chi connectivity index (χ4v) is 2.46. The molecular weight excluding hydrogens is 432 g/mol. The molecule has 1 aromatic carbocycles. The second kappa shape index (κ2) is 10.7. The summed E-state index contributed by atoms with van der Waals surface area (Å²) < 4.78 is 72.6. The van der Waals surface area contributed by atoms with Crippen LogP contribution in [-0.4, -0.2) is 43.1 Å². The molecule has 1 atom stereocenters. The third kappa shape index (κ3) is 7.77. The van der Waals surface area contributed by atoms with E-state index < -0.39 is 30.5 Å². The number of halogens is 7. The first-order valence-corrected chi connectivity index (χ1v) is 8.54. The lowest BCUT2D eigenvalue weighted by Crippen LogP contribution is -2.40. The number of methoxy groups -OCH3 is 1. The molecule has 28 heavy (non-hydrogen) atoms. The van der Waals surface area contributed by atoms with Crippen LogP contribution in [0.25, 0.3) is 0 Å². The number of hydrogen-bond donors (Lipinski definition) is 2. The van der Waals surface area contributed by atoms with Crippen LogP contribution in [0.2, 0.25) is 5.02 Å². The fraction of sp³-hybridized carbons (Fsp3) is 0.647. The zero-order valence-corrected chi connectivity index (χ0v) is 17.0. The predicted octanol–water partition coefficient (Wildman–Crippen LogP) is 4.77. The first kappa shape index (κ1) is 27.0. The van der Waals surface area contributed by atoms with Gasteiger partial charge in [0.1, 0.15) is 0 Å². The summed E-state index contributed by atoms with van der Waals surface area (Å²) in [5.74, 6) is -4.48. The Morgan fingerprint density at radius 3 is 2.25 bits per heavy atom. The molecule has 1 rings (SSSR count). The van der Waals surface area contributed by atoms with Crippen LogP contribution >= 0.6 is 24.0 Å². The molecule has 0 saturated carbocycles. The molecule has 0 amide bonds. The van der Waals surface area contributed by atoms with Crippen molar-refractivity contribution < 1.29 is 36.5 Å². The number of aliphatic hydroxyl groups is 1. The molecule has 0 unspecified atom stereocenters. The van der Waals surface area contributed by atoms with Crippen LogP contribution in [0.15, 0.2) is 12.1 Å². The van der Waals surface area contributed by atoms with Crippen LogP contribution < -0.4 is 15.2 Å². The summed E-state index contributed by atoms with van der Waals surface area (Å²) in [4.78, 5) is 0. The van der Waals surface area contributed by atoms with E-state index in [-0.39, 0.29) is 42.1 Å². The van der Waals surface area contributed by atoms with Gasteiger partial charge in [-0.2, -0.15) is 22.0 Å². The molecule has 0 spiro atoms. The minimum atomic E-state index is -5.59. The minimum absolute atomic E-state index is 0. The molecule has 4 nitrogen and oxygen atoms in total. The highest BCUT2D eigenvalue weighted by atomic mass is 35.5. The molecular formula is C17H24Cl2F5NO3. The van der Waals surface area contributed by atoms with Crippen molar-refractivity contribution >= 4 is 24.0 Å². The highest BCUT2D eigenvalue weighted by molar-refractivity contribution is 6.32. The van der Waals surface area contributed by atoms with Gasteiger partial charge in [-0.1, -0.05) is 11.6 Å². The topological polar surface area (TPSA) is 64.7 Å². The van der Waals surface area contributed by atoms with Crippen molar-refractivity contribution in [3.05, 3.63) is 22.7 Å². The lowest BCUT2D eigenvalue weighted by atomic mass is 9.95. The average Bonchev–Trinajstić information content (AvgIpc) is 2.56. The number of ether oxygens (including phenoxy) is 2. The van der Waals surface area contributed by atoms with Crippen molar-refractivity contribution in [1.29, 1.82) is 0 Å². The maximum Gasteiger partial charge on any atom is 0.453 e. The number of benzene rings is 1. The average molecular weight is 456 g/mol. The highest BCUT2D eigenvalue weighted by Gasteiger charge is 2.56. The summed E-state index contributed by atoms with van der Waals surface area (Å²) in [6.07, 6.45) is -6.53. The van der Waals surface area contributed by atoms with E-state index >= 15 is 0 Å². The maximum atomic E-state index is 12.9. The minimum Gasteiger partial charge on any atom is -0.493 e. The van der Waals surface area contributed by atoms with Crippen molar-refractivity contribution in [2.45, 2.75) is 50.2 Å². The predicted molar refractivity (Wildman–Crippen MR) is 99.0 cm³/mol. The van der Waals surface area contributed by atoms with E-state index in [2.05, 4.69) is 0 Å². The van der Waals surface area contributed by atoms with E-state index in [1.54, 1.807) is 19.1 Å². The van der Waals surface area contributed by atoms with Gasteiger partial charge in [0.2, 0.25) is 0 Å². The van der Waals surface area contributed by atoms with Crippen LogP contribution in [0.1, 0.15) is 31.7 Å². The van der Waals surface area contributed by atoms with Gasteiger partial charge < -0.3 is 20.3 Å². The van der Waals surface area contributed by atoms with Gasteiger partial charge in [0.25, 0.3) is 0 Å². The number of rotatable bonds is 10. The van der Waals surface area contributed by atoms with Gasteiger partial charge in [0.15, 0.2) is 11.5 Å². The van der Waals surface area contributed by atoms with Crippen molar-refractivity contribution in [3.63, 3.8) is 0 Å². The third-order valence-electron chi connectivity index (χ3n) is 3.93. The number of aliphatic hydroxyl groups excluding tert-OH is 1. The van der Waals surface area contributed by atoms with Crippen LogP contribution in [0.3, 0.4) is 0 Å². The van der Waals surface area contributed by atoms with E-state index in [0.29, 0.717) is 12.8 Å². The Labute approximate surface area is 171 Å². The van der Waals surface area contributed by atoms with Gasteiger partial charge in [-0.15, -0.1) is 12.4 Å². The number of hydrogen-bond acceptors (Lipinski definition) is 4. The Morgan fingerprint density at radius 2 is 1.75 bits per heavy atom. The van der Waals surface area contributed by atoms with E-state index in [0.717, 1.165) is 5.56 Å². The molecule has 0 aromatic heterocycles. The molecule has 0 bridgehead atoms. The highest BCUT2D eigenvalue weighted by Crippen LogP contribution is 2.40. The monoisotopic (exact) mass is 455 g/mol.